The van der Waals surface area contributed by atoms with E-state index in [1.165, 1.54) is 0 Å². The highest BCUT2D eigenvalue weighted by atomic mass is 16.6. The number of ether oxygens (including phenoxy) is 1. The van der Waals surface area contributed by atoms with Crippen molar-refractivity contribution >= 4 is 5.69 Å². The largest absolute Gasteiger partial charge is 0.507 e. The van der Waals surface area contributed by atoms with Crippen LogP contribution in [0.4, 0.5) is 5.69 Å². The van der Waals surface area contributed by atoms with E-state index in [0.29, 0.717) is 19.6 Å². The summed E-state index contributed by atoms with van der Waals surface area (Å²) in [6, 6.07) is 3.28. The molecule has 0 fully saturated rings. The minimum Gasteiger partial charge on any atom is -0.507 e. The lowest BCUT2D eigenvalue weighted by atomic mass is 10.1. The second-order valence-electron chi connectivity index (χ2n) is 4.51. The number of nitro benzene ring substituents is 1. The van der Waals surface area contributed by atoms with Gasteiger partial charge in [-0.3, -0.25) is 15.0 Å². The molecule has 4 N–H and O–H groups in total. The molecule has 0 amide bonds. The Bertz CT molecular complexity index is 477. The molecule has 22 heavy (non-hydrogen) atoms. The summed E-state index contributed by atoms with van der Waals surface area (Å²) < 4.78 is 5.13. The predicted molar refractivity (Wildman–Crippen MR) is 76.3 cm³/mol. The lowest BCUT2D eigenvalue weighted by Gasteiger charge is -2.21. The maximum Gasteiger partial charge on any atom is 0.270 e. The Morgan fingerprint density at radius 3 is 2.41 bits per heavy atom. The zero-order chi connectivity index (χ0) is 16.5. The summed E-state index contributed by atoms with van der Waals surface area (Å²) in [5.41, 5.74) is -0.359. The van der Waals surface area contributed by atoms with Gasteiger partial charge in [-0.25, -0.2) is 0 Å². The summed E-state index contributed by atoms with van der Waals surface area (Å²) in [5, 5.41) is 47.9. The number of nitrogens with zero attached hydrogens (tertiary/aromatic N) is 2. The molecule has 1 aromatic rings. The molecule has 0 radical (unpaired) electrons. The van der Waals surface area contributed by atoms with Crippen LogP contribution in [0.5, 0.6) is 5.75 Å². The molecular weight excluding hydrogens is 296 g/mol. The van der Waals surface area contributed by atoms with Crippen molar-refractivity contribution in [3.8, 4) is 5.75 Å². The number of phenolic OH excluding ortho intramolecular Hbond substituents is 1. The van der Waals surface area contributed by atoms with Crippen molar-refractivity contribution in [2.24, 2.45) is 0 Å². The summed E-state index contributed by atoms with van der Waals surface area (Å²) >= 11 is 0. The van der Waals surface area contributed by atoms with Gasteiger partial charge in [-0.1, -0.05) is 0 Å². The van der Waals surface area contributed by atoms with Crippen molar-refractivity contribution in [3.63, 3.8) is 0 Å². The van der Waals surface area contributed by atoms with E-state index >= 15 is 0 Å². The first-order chi connectivity index (χ1) is 10.5. The number of phenols is 1. The van der Waals surface area contributed by atoms with Crippen LogP contribution in [-0.4, -0.2) is 69.7 Å². The van der Waals surface area contributed by atoms with Gasteiger partial charge in [0, 0.05) is 31.8 Å². The van der Waals surface area contributed by atoms with Crippen LogP contribution in [-0.2, 0) is 4.74 Å². The lowest BCUT2D eigenvalue weighted by Crippen LogP contribution is -2.33. The Kier molecular flexibility index (Phi) is 7.71. The normalized spacial score (nSPS) is 12.5. The van der Waals surface area contributed by atoms with Gasteiger partial charge in [-0.05, 0) is 6.07 Å². The van der Waals surface area contributed by atoms with Gasteiger partial charge in [0.25, 0.3) is 5.69 Å². The number of benzene rings is 1. The molecule has 0 bridgehead atoms. The molecule has 1 atom stereocenters. The predicted octanol–water partition coefficient (Wildman–Crippen LogP) is -0.406. The first-order valence-corrected chi connectivity index (χ1v) is 6.70. The zero-order valence-electron chi connectivity index (χ0n) is 12.0. The lowest BCUT2D eigenvalue weighted by molar-refractivity contribution is -0.385. The first kappa shape index (κ1) is 18.3. The fourth-order valence-electron chi connectivity index (χ4n) is 1.85. The van der Waals surface area contributed by atoms with Crippen LogP contribution in [0.25, 0.3) is 0 Å². The van der Waals surface area contributed by atoms with Crippen LogP contribution in [0, 0.1) is 10.1 Å². The third-order valence-electron chi connectivity index (χ3n) is 3.00. The Hall–Kier alpha value is -1.78. The number of nitro groups is 1. The Morgan fingerprint density at radius 1 is 1.23 bits per heavy atom. The molecule has 0 aliphatic heterocycles. The molecule has 1 unspecified atom stereocenters. The maximum absolute atomic E-state index is 10.7. The number of non-ortho nitro benzene ring substituents is 1. The van der Waals surface area contributed by atoms with Crippen LogP contribution in [0.3, 0.4) is 0 Å². The molecule has 0 aliphatic rings. The number of rotatable bonds is 10. The second-order valence-corrected chi connectivity index (χ2v) is 4.51. The van der Waals surface area contributed by atoms with E-state index in [4.69, 9.17) is 14.9 Å². The van der Waals surface area contributed by atoms with E-state index in [1.54, 1.807) is 4.90 Å². The van der Waals surface area contributed by atoms with Crippen molar-refractivity contribution in [3.05, 3.63) is 33.9 Å². The van der Waals surface area contributed by atoms with Crippen molar-refractivity contribution in [2.45, 2.75) is 6.29 Å². The maximum atomic E-state index is 10.7. The quantitative estimate of drug-likeness (QED) is 0.260. The average Bonchev–Trinajstić information content (AvgIpc) is 2.47. The summed E-state index contributed by atoms with van der Waals surface area (Å²) in [5.74, 6) is -0.305. The van der Waals surface area contributed by atoms with E-state index in [0.717, 1.165) is 18.2 Å². The highest BCUT2D eigenvalue weighted by Crippen LogP contribution is 2.28. The molecule has 1 aromatic carbocycles. The van der Waals surface area contributed by atoms with Gasteiger partial charge in [0.05, 0.1) is 30.3 Å². The molecule has 0 aromatic heterocycles. The topological polar surface area (TPSA) is 137 Å². The molecule has 9 heteroatoms. The highest BCUT2D eigenvalue weighted by molar-refractivity contribution is 5.43. The van der Waals surface area contributed by atoms with Gasteiger partial charge in [0.2, 0.25) is 0 Å². The third kappa shape index (κ3) is 5.54. The molecule has 9 nitrogen and oxygen atoms in total. The number of hydrogen-bond donors (Lipinski definition) is 4. The van der Waals surface area contributed by atoms with E-state index in [9.17, 15) is 20.3 Å². The van der Waals surface area contributed by atoms with E-state index in [-0.39, 0.29) is 36.8 Å². The van der Waals surface area contributed by atoms with Gasteiger partial charge >= 0.3 is 0 Å². The van der Waals surface area contributed by atoms with Gasteiger partial charge in [0.1, 0.15) is 5.75 Å². The Balaban J connectivity index is 2.59. The third-order valence-corrected chi connectivity index (χ3v) is 3.00. The van der Waals surface area contributed by atoms with Gasteiger partial charge in [-0.15, -0.1) is 0 Å². The van der Waals surface area contributed by atoms with E-state index in [1.807, 2.05) is 0 Å². The molecule has 1 rings (SSSR count). The Labute approximate surface area is 127 Å². The van der Waals surface area contributed by atoms with Crippen LogP contribution < -0.4 is 0 Å². The molecule has 0 spiro atoms. The Morgan fingerprint density at radius 2 is 1.86 bits per heavy atom. The van der Waals surface area contributed by atoms with Crippen molar-refractivity contribution in [1.29, 1.82) is 0 Å². The number of hydrogen-bond acceptors (Lipinski definition) is 8. The van der Waals surface area contributed by atoms with E-state index < -0.39 is 11.2 Å². The molecule has 0 heterocycles. The van der Waals surface area contributed by atoms with Crippen molar-refractivity contribution < 1.29 is 30.1 Å². The number of aliphatic hydroxyl groups excluding tert-OH is 3. The minimum absolute atomic E-state index is 0.0588. The number of aliphatic hydroxyl groups is 3. The molecular formula is C13H20N2O7. The highest BCUT2D eigenvalue weighted by Gasteiger charge is 2.17. The first-order valence-electron chi connectivity index (χ1n) is 6.70. The fraction of sp³-hybridized carbons (Fsp3) is 0.538. The monoisotopic (exact) mass is 316 g/mol. The second kappa shape index (κ2) is 9.28. The van der Waals surface area contributed by atoms with Crippen molar-refractivity contribution in [2.75, 3.05) is 39.5 Å². The van der Waals surface area contributed by atoms with Gasteiger partial charge < -0.3 is 25.2 Å². The standard InChI is InChI=1S/C13H20N2O7/c16-6-3-14(4-7-17)5-8-22-13(19)11-9-10(15(20)21)1-2-12(11)18/h1-2,9,13,16-19H,3-8H2. The average molecular weight is 316 g/mol. The molecule has 0 saturated heterocycles. The van der Waals surface area contributed by atoms with Crippen LogP contribution in [0.1, 0.15) is 11.9 Å². The summed E-state index contributed by atoms with van der Waals surface area (Å²) in [6.07, 6.45) is -1.51. The fourth-order valence-corrected chi connectivity index (χ4v) is 1.85. The van der Waals surface area contributed by atoms with E-state index in [2.05, 4.69) is 0 Å². The molecule has 0 aliphatic carbocycles. The summed E-state index contributed by atoms with van der Waals surface area (Å²) in [4.78, 5) is 11.8. The SMILES string of the molecule is O=[N+]([O-])c1ccc(O)c(C(O)OCCN(CCO)CCO)c1. The minimum atomic E-state index is -1.51. The van der Waals surface area contributed by atoms with Gasteiger partial charge in [-0.2, -0.15) is 0 Å². The molecule has 0 saturated carbocycles. The summed E-state index contributed by atoms with van der Waals surface area (Å²) in [7, 11) is 0. The van der Waals surface area contributed by atoms with Crippen LogP contribution >= 0.6 is 0 Å². The smallest absolute Gasteiger partial charge is 0.270 e. The van der Waals surface area contributed by atoms with Crippen LogP contribution in [0.15, 0.2) is 18.2 Å². The zero-order valence-corrected chi connectivity index (χ0v) is 12.0. The summed E-state index contributed by atoms with van der Waals surface area (Å²) in [6.45, 7) is 0.948. The van der Waals surface area contributed by atoms with Gasteiger partial charge in [0.15, 0.2) is 6.29 Å². The van der Waals surface area contributed by atoms with Crippen molar-refractivity contribution in [1.82, 2.24) is 4.90 Å². The number of aromatic hydroxyl groups is 1. The van der Waals surface area contributed by atoms with Crippen LogP contribution in [0.2, 0.25) is 0 Å². The molecule has 124 valence electrons.